The van der Waals surface area contributed by atoms with Crippen molar-refractivity contribution in [1.82, 2.24) is 9.80 Å². The summed E-state index contributed by atoms with van der Waals surface area (Å²) in [5.74, 6) is 0.0463. The van der Waals surface area contributed by atoms with Crippen molar-refractivity contribution in [1.29, 1.82) is 5.26 Å². The molecule has 0 saturated carbocycles. The van der Waals surface area contributed by atoms with E-state index < -0.39 is 5.41 Å². The number of hydrogen-bond donors (Lipinski definition) is 0. The summed E-state index contributed by atoms with van der Waals surface area (Å²) in [5.41, 5.74) is -0.821. The monoisotopic (exact) mass is 277 g/mol. The Morgan fingerprint density at radius 2 is 1.90 bits per heavy atom. The van der Waals surface area contributed by atoms with Crippen LogP contribution in [0.1, 0.15) is 32.1 Å². The fourth-order valence-electron chi connectivity index (χ4n) is 3.73. The summed E-state index contributed by atoms with van der Waals surface area (Å²) in [7, 11) is 0. The van der Waals surface area contributed by atoms with E-state index in [-0.39, 0.29) is 5.91 Å². The van der Waals surface area contributed by atoms with Gasteiger partial charge in [-0.15, -0.1) is 0 Å². The molecule has 3 rings (SSSR count). The zero-order valence-corrected chi connectivity index (χ0v) is 12.0. The molecule has 0 aromatic rings. The molecule has 0 bridgehead atoms. The van der Waals surface area contributed by atoms with Crippen LogP contribution >= 0.6 is 0 Å². The SMILES string of the molecule is N#CC1(C(=O)N2CCC(N3CCCC3)C2)CCOCC1. The van der Waals surface area contributed by atoms with E-state index >= 15 is 0 Å². The number of nitrogens with zero attached hydrogens (tertiary/aromatic N) is 3. The molecule has 20 heavy (non-hydrogen) atoms. The lowest BCUT2D eigenvalue weighted by Crippen LogP contribution is -2.46. The molecule has 0 aromatic carbocycles. The lowest BCUT2D eigenvalue weighted by molar-refractivity contribution is -0.142. The molecule has 0 spiro atoms. The average Bonchev–Trinajstić information content (AvgIpc) is 3.17. The average molecular weight is 277 g/mol. The van der Waals surface area contributed by atoms with E-state index in [9.17, 15) is 10.1 Å². The summed E-state index contributed by atoms with van der Waals surface area (Å²) in [6.45, 7) is 5.02. The highest BCUT2D eigenvalue weighted by atomic mass is 16.5. The first-order chi connectivity index (χ1) is 9.75. The van der Waals surface area contributed by atoms with Crippen LogP contribution in [0, 0.1) is 16.7 Å². The molecule has 0 aliphatic carbocycles. The van der Waals surface area contributed by atoms with E-state index in [0.717, 1.165) is 19.5 Å². The van der Waals surface area contributed by atoms with Gasteiger partial charge in [-0.3, -0.25) is 9.69 Å². The van der Waals surface area contributed by atoms with Crippen LogP contribution in [0.5, 0.6) is 0 Å². The van der Waals surface area contributed by atoms with Crippen molar-refractivity contribution in [2.75, 3.05) is 39.4 Å². The predicted molar refractivity (Wildman–Crippen MR) is 73.9 cm³/mol. The number of ether oxygens (including phenoxy) is 1. The van der Waals surface area contributed by atoms with Gasteiger partial charge in [0.25, 0.3) is 0 Å². The Morgan fingerprint density at radius 3 is 2.55 bits per heavy atom. The third-order valence-electron chi connectivity index (χ3n) is 5.08. The molecule has 110 valence electrons. The van der Waals surface area contributed by atoms with Crippen LogP contribution in [0.4, 0.5) is 0 Å². The fourth-order valence-corrected chi connectivity index (χ4v) is 3.73. The second-order valence-corrected chi connectivity index (χ2v) is 6.24. The minimum Gasteiger partial charge on any atom is -0.381 e. The third-order valence-corrected chi connectivity index (χ3v) is 5.08. The molecule has 0 radical (unpaired) electrons. The topological polar surface area (TPSA) is 56.6 Å². The first kappa shape index (κ1) is 13.8. The van der Waals surface area contributed by atoms with Crippen LogP contribution in [0.15, 0.2) is 0 Å². The van der Waals surface area contributed by atoms with Gasteiger partial charge in [0.2, 0.25) is 5.91 Å². The molecule has 0 N–H and O–H groups in total. The van der Waals surface area contributed by atoms with Crippen molar-refractivity contribution in [3.63, 3.8) is 0 Å². The van der Waals surface area contributed by atoms with Gasteiger partial charge in [0, 0.05) is 32.3 Å². The van der Waals surface area contributed by atoms with Gasteiger partial charge in [0.15, 0.2) is 0 Å². The van der Waals surface area contributed by atoms with Gasteiger partial charge in [-0.05, 0) is 45.2 Å². The van der Waals surface area contributed by atoms with Crippen LogP contribution < -0.4 is 0 Å². The lowest BCUT2D eigenvalue weighted by atomic mass is 9.80. The highest BCUT2D eigenvalue weighted by Crippen LogP contribution is 2.34. The number of nitriles is 1. The molecular formula is C15H23N3O2. The summed E-state index contributed by atoms with van der Waals surface area (Å²) in [6, 6.07) is 2.80. The number of amides is 1. The second-order valence-electron chi connectivity index (χ2n) is 6.24. The first-order valence-corrected chi connectivity index (χ1v) is 7.78. The summed E-state index contributed by atoms with van der Waals surface area (Å²) in [5, 5.41) is 9.49. The lowest BCUT2D eigenvalue weighted by Gasteiger charge is -2.33. The normalized spacial score (nSPS) is 30.4. The molecule has 3 fully saturated rings. The van der Waals surface area contributed by atoms with Crippen LogP contribution in [0.25, 0.3) is 0 Å². The molecule has 3 aliphatic heterocycles. The van der Waals surface area contributed by atoms with Gasteiger partial charge in [0.05, 0.1) is 6.07 Å². The number of hydrogen-bond acceptors (Lipinski definition) is 4. The third kappa shape index (κ3) is 2.43. The number of carbonyl (C=O) groups excluding carboxylic acids is 1. The second kappa shape index (κ2) is 5.71. The molecular weight excluding hydrogens is 254 g/mol. The van der Waals surface area contributed by atoms with Crippen molar-refractivity contribution in [3.8, 4) is 6.07 Å². The van der Waals surface area contributed by atoms with Gasteiger partial charge < -0.3 is 9.64 Å². The van der Waals surface area contributed by atoms with E-state index in [4.69, 9.17) is 4.74 Å². The highest BCUT2D eigenvalue weighted by Gasteiger charge is 2.45. The molecule has 0 aromatic heterocycles. The Kier molecular flexibility index (Phi) is 3.95. The number of likely N-dealkylation sites (tertiary alicyclic amines) is 2. The van der Waals surface area contributed by atoms with Gasteiger partial charge >= 0.3 is 0 Å². The minimum absolute atomic E-state index is 0.0463. The standard InChI is InChI=1S/C15H23N3O2/c16-12-15(4-9-20-10-5-15)14(19)18-8-3-13(11-18)17-6-1-2-7-17/h13H,1-11H2. The number of rotatable bonds is 2. The van der Waals surface area contributed by atoms with Crippen LogP contribution in [-0.4, -0.2) is 61.1 Å². The Morgan fingerprint density at radius 1 is 1.20 bits per heavy atom. The minimum atomic E-state index is -0.821. The van der Waals surface area contributed by atoms with Gasteiger partial charge in [-0.2, -0.15) is 5.26 Å². The first-order valence-electron chi connectivity index (χ1n) is 7.78. The Hall–Kier alpha value is -1.12. The van der Waals surface area contributed by atoms with Crippen LogP contribution in [-0.2, 0) is 9.53 Å². The van der Waals surface area contributed by atoms with Crippen molar-refractivity contribution in [3.05, 3.63) is 0 Å². The molecule has 1 amide bonds. The summed E-state index contributed by atoms with van der Waals surface area (Å²) in [4.78, 5) is 17.2. The zero-order valence-electron chi connectivity index (χ0n) is 12.0. The van der Waals surface area contributed by atoms with E-state index in [1.165, 1.54) is 25.9 Å². The quantitative estimate of drug-likeness (QED) is 0.755. The Bertz CT molecular complexity index is 406. The van der Waals surface area contributed by atoms with E-state index in [2.05, 4.69) is 11.0 Å². The molecule has 5 heteroatoms. The van der Waals surface area contributed by atoms with Gasteiger partial charge in [0.1, 0.15) is 5.41 Å². The maximum absolute atomic E-state index is 12.7. The molecule has 1 unspecified atom stereocenters. The smallest absolute Gasteiger partial charge is 0.243 e. The Balaban J connectivity index is 1.64. The van der Waals surface area contributed by atoms with E-state index in [1.807, 2.05) is 4.90 Å². The molecule has 3 heterocycles. The van der Waals surface area contributed by atoms with Crippen molar-refractivity contribution in [2.45, 2.75) is 38.1 Å². The van der Waals surface area contributed by atoms with Gasteiger partial charge in [-0.25, -0.2) is 0 Å². The maximum Gasteiger partial charge on any atom is 0.243 e. The molecule has 3 saturated heterocycles. The summed E-state index contributed by atoms with van der Waals surface area (Å²) >= 11 is 0. The van der Waals surface area contributed by atoms with Crippen molar-refractivity contribution >= 4 is 5.91 Å². The maximum atomic E-state index is 12.7. The highest BCUT2D eigenvalue weighted by molar-refractivity contribution is 5.86. The van der Waals surface area contributed by atoms with E-state index in [0.29, 0.717) is 32.1 Å². The zero-order chi connectivity index (χ0) is 14.0. The largest absolute Gasteiger partial charge is 0.381 e. The van der Waals surface area contributed by atoms with Crippen molar-refractivity contribution in [2.24, 2.45) is 5.41 Å². The van der Waals surface area contributed by atoms with Crippen LogP contribution in [0.2, 0.25) is 0 Å². The Labute approximate surface area is 120 Å². The summed E-state index contributed by atoms with van der Waals surface area (Å²) < 4.78 is 5.31. The summed E-state index contributed by atoms with van der Waals surface area (Å²) in [6.07, 6.45) is 4.72. The van der Waals surface area contributed by atoms with E-state index in [1.54, 1.807) is 0 Å². The van der Waals surface area contributed by atoms with Crippen LogP contribution in [0.3, 0.4) is 0 Å². The predicted octanol–water partition coefficient (Wildman–Crippen LogP) is 1.00. The van der Waals surface area contributed by atoms with Crippen molar-refractivity contribution < 1.29 is 9.53 Å². The number of carbonyl (C=O) groups is 1. The molecule has 5 nitrogen and oxygen atoms in total. The molecule has 1 atom stereocenters. The molecule has 3 aliphatic rings. The fraction of sp³-hybridized carbons (Fsp3) is 0.867. The van der Waals surface area contributed by atoms with Gasteiger partial charge in [-0.1, -0.05) is 0 Å².